The van der Waals surface area contributed by atoms with E-state index in [1.54, 1.807) is 71.9 Å². The molecule has 0 saturated carbocycles. The predicted octanol–water partition coefficient (Wildman–Crippen LogP) is 4.13. The molecule has 1 aromatic carbocycles. The highest BCUT2D eigenvalue weighted by Crippen LogP contribution is 2.43. The Hall–Kier alpha value is -0.596. The maximum atomic E-state index is 16.1. The fraction of sp³-hybridized carbons (Fsp3) is 0.571. The molecule has 0 aliphatic heterocycles. The normalized spacial score (nSPS) is 16.6. The Bertz CT molecular complexity index is 440. The first kappa shape index (κ1) is 17.5. The largest absolute Gasteiger partial charge is 0.569 e. The number of hydrogen-bond acceptors (Lipinski definition) is 1. The summed E-state index contributed by atoms with van der Waals surface area (Å²) in [5.74, 6) is 0. The topological polar surface area (TPSA) is 3.24 Å². The van der Waals surface area contributed by atoms with Crippen molar-refractivity contribution in [3.63, 3.8) is 0 Å². The molecule has 0 amide bonds. The molecule has 0 spiro atoms. The quantitative estimate of drug-likeness (QED) is 0.598. The zero-order valence-corrected chi connectivity index (χ0v) is 15.0. The van der Waals surface area contributed by atoms with Crippen LogP contribution in [0.4, 0.5) is 12.3 Å². The lowest BCUT2D eigenvalue weighted by molar-refractivity contribution is 0.280. The van der Waals surface area contributed by atoms with Crippen molar-refractivity contribution in [2.45, 2.75) is 52.1 Å². The van der Waals surface area contributed by atoms with Crippen LogP contribution in [0.5, 0.6) is 0 Å². The molecule has 1 nitrogen and oxygen atoms in total. The molecule has 1 rings (SSSR count). The smallest absolute Gasteiger partial charge is 0.286 e. The van der Waals surface area contributed by atoms with E-state index in [4.69, 9.17) is 0 Å². The van der Waals surface area contributed by atoms with Gasteiger partial charge < -0.3 is 0 Å². The average Bonchev–Trinajstić information content (AvgIpc) is 2.26. The van der Waals surface area contributed by atoms with Crippen LogP contribution in [0, 0.1) is 0 Å². The van der Waals surface area contributed by atoms with E-state index >= 15 is 4.11 Å². The van der Waals surface area contributed by atoms with Gasteiger partial charge in [-0.25, -0.2) is 8.22 Å². The number of rotatable bonds is 3. The number of nitrogens with zero attached hydrogens (tertiary/aromatic N) is 1. The van der Waals surface area contributed by atoms with Gasteiger partial charge in [0.05, 0.1) is 0 Å². The van der Waals surface area contributed by atoms with Crippen molar-refractivity contribution >= 4 is 23.4 Å². The molecular weight excluding hydrogens is 295 g/mol. The molecule has 1 unspecified atom stereocenters. The molecule has 1 atom stereocenters. The summed E-state index contributed by atoms with van der Waals surface area (Å²) < 4.78 is 44.4. The molecule has 0 fully saturated rings. The third-order valence-electron chi connectivity index (χ3n) is 3.30. The number of halogens is 3. The summed E-state index contributed by atoms with van der Waals surface area (Å²) in [7, 11) is -7.92. The van der Waals surface area contributed by atoms with E-state index in [1.165, 1.54) is 0 Å². The van der Waals surface area contributed by atoms with Crippen LogP contribution >= 0.6 is 0 Å². The molecule has 20 heavy (non-hydrogen) atoms. The van der Waals surface area contributed by atoms with Gasteiger partial charge in [0, 0.05) is 10.6 Å². The minimum atomic E-state index is -4.03. The van der Waals surface area contributed by atoms with Crippen LogP contribution in [0.2, 0.25) is 5.04 Å². The molecule has 0 bridgehead atoms. The molecule has 0 heterocycles. The van der Waals surface area contributed by atoms with Gasteiger partial charge in [0.1, 0.15) is 0 Å². The molecule has 1 radical (unpaired) electrons. The summed E-state index contributed by atoms with van der Waals surface area (Å²) in [5.41, 5.74) is -0.901. The molecule has 0 aliphatic carbocycles. The van der Waals surface area contributed by atoms with Crippen molar-refractivity contribution in [1.29, 1.82) is 0 Å². The van der Waals surface area contributed by atoms with E-state index in [9.17, 15) is 8.22 Å². The first-order chi connectivity index (χ1) is 8.92. The Morgan fingerprint density at radius 3 is 1.70 bits per heavy atom. The average molecular weight is 319 g/mol. The number of hydrogen-bond donors (Lipinski definition) is 0. The maximum absolute atomic E-state index is 16.1. The van der Waals surface area contributed by atoms with Crippen molar-refractivity contribution in [3.8, 4) is 0 Å². The summed E-state index contributed by atoms with van der Waals surface area (Å²) in [4.78, 5) is 0. The fourth-order valence-corrected chi connectivity index (χ4v) is 8.57. The van der Waals surface area contributed by atoms with Gasteiger partial charge in [0.25, 0.3) is 0 Å². The molecule has 0 saturated heterocycles. The van der Waals surface area contributed by atoms with E-state index in [0.717, 1.165) is 4.23 Å². The molecule has 0 aliphatic rings. The Balaban J connectivity index is 3.54. The van der Waals surface area contributed by atoms with E-state index in [-0.39, 0.29) is 0 Å². The Kier molecular flexibility index (Phi) is 4.93. The molecular formula is C14H23F3NSi2. The van der Waals surface area contributed by atoms with Crippen LogP contribution in [0.15, 0.2) is 30.3 Å². The number of benzene rings is 1. The van der Waals surface area contributed by atoms with Crippen molar-refractivity contribution in [1.82, 2.24) is 4.23 Å². The highest BCUT2D eigenvalue weighted by molar-refractivity contribution is 6.90. The van der Waals surface area contributed by atoms with Gasteiger partial charge in [0.2, 0.25) is 0 Å². The second-order valence-corrected chi connectivity index (χ2v) is 12.1. The third kappa shape index (κ3) is 3.18. The van der Waals surface area contributed by atoms with Crippen LogP contribution in [0.3, 0.4) is 0 Å². The predicted molar refractivity (Wildman–Crippen MR) is 82.2 cm³/mol. The van der Waals surface area contributed by atoms with Gasteiger partial charge in [-0.15, -0.1) is 0 Å². The van der Waals surface area contributed by atoms with E-state index in [1.807, 2.05) is 0 Å². The standard InChI is InChI=1S/C14H23F3NSi2/c1-13(2,3)18(19(15)16)20(17,14(4,5)6)12-10-8-7-9-11-12/h7-11H,1-6H3. The van der Waals surface area contributed by atoms with Gasteiger partial charge in [-0.2, -0.15) is 0 Å². The maximum Gasteiger partial charge on any atom is 0.569 e. The summed E-state index contributed by atoms with van der Waals surface area (Å²) in [6.45, 7) is 10.1. The minimum Gasteiger partial charge on any atom is -0.286 e. The van der Waals surface area contributed by atoms with Crippen LogP contribution in [0.1, 0.15) is 41.5 Å². The monoisotopic (exact) mass is 318 g/mol. The lowest BCUT2D eigenvalue weighted by Crippen LogP contribution is -2.72. The molecule has 0 N–H and O–H groups in total. The zero-order chi connectivity index (χ0) is 15.8. The second-order valence-electron chi connectivity index (χ2n) is 6.98. The summed E-state index contributed by atoms with van der Waals surface area (Å²) >= 11 is 0. The lowest BCUT2D eigenvalue weighted by Gasteiger charge is -2.48. The third-order valence-corrected chi connectivity index (χ3v) is 10.1. The summed E-state index contributed by atoms with van der Waals surface area (Å²) in [5, 5.41) is -0.421. The van der Waals surface area contributed by atoms with Gasteiger partial charge in [-0.05, 0) is 26.0 Å². The van der Waals surface area contributed by atoms with Crippen LogP contribution in [-0.2, 0) is 0 Å². The van der Waals surface area contributed by atoms with Gasteiger partial charge in [0.15, 0.2) is 0 Å². The van der Waals surface area contributed by atoms with Crippen molar-refractivity contribution in [2.24, 2.45) is 0 Å². The zero-order valence-electron chi connectivity index (χ0n) is 13.0. The molecule has 6 heteroatoms. The summed E-state index contributed by atoms with van der Waals surface area (Å²) in [6.07, 6.45) is 0. The van der Waals surface area contributed by atoms with Crippen LogP contribution in [0.25, 0.3) is 0 Å². The fourth-order valence-electron chi connectivity index (χ4n) is 2.39. The van der Waals surface area contributed by atoms with Crippen LogP contribution < -0.4 is 5.19 Å². The van der Waals surface area contributed by atoms with Gasteiger partial charge in [-0.3, -0.25) is 8.34 Å². The molecule has 0 aromatic heterocycles. The molecule has 1 aromatic rings. The van der Waals surface area contributed by atoms with Gasteiger partial charge in [-0.1, -0.05) is 51.1 Å². The Morgan fingerprint density at radius 2 is 1.40 bits per heavy atom. The lowest BCUT2D eigenvalue weighted by atomic mass is 10.1. The van der Waals surface area contributed by atoms with Gasteiger partial charge >= 0.3 is 18.2 Å². The Morgan fingerprint density at radius 1 is 0.950 bits per heavy atom. The second kappa shape index (κ2) is 5.65. The van der Waals surface area contributed by atoms with Crippen LogP contribution in [-0.4, -0.2) is 28.0 Å². The van der Waals surface area contributed by atoms with Crippen molar-refractivity contribution in [2.75, 3.05) is 0 Å². The van der Waals surface area contributed by atoms with E-state index in [0.29, 0.717) is 5.19 Å². The first-order valence-corrected chi connectivity index (χ1v) is 9.68. The minimum absolute atomic E-state index is 0.417. The summed E-state index contributed by atoms with van der Waals surface area (Å²) in [6, 6.07) is 8.49. The van der Waals surface area contributed by atoms with Crippen molar-refractivity contribution < 1.29 is 12.3 Å². The van der Waals surface area contributed by atoms with E-state index < -0.39 is 28.8 Å². The molecule has 113 valence electrons. The highest BCUT2D eigenvalue weighted by Gasteiger charge is 2.60. The highest BCUT2D eigenvalue weighted by atomic mass is 28.4. The Labute approximate surface area is 123 Å². The van der Waals surface area contributed by atoms with Crippen molar-refractivity contribution in [3.05, 3.63) is 30.3 Å². The first-order valence-electron chi connectivity index (χ1n) is 6.65. The van der Waals surface area contributed by atoms with E-state index in [2.05, 4.69) is 0 Å². The SMILES string of the molecule is CC(C)(C)N([Si](F)F)[Si](F)(c1ccccc1)C(C)(C)C.